The van der Waals surface area contributed by atoms with Crippen LogP contribution >= 0.6 is 23.2 Å². The number of hydrogen-bond donors (Lipinski definition) is 1. The van der Waals surface area contributed by atoms with Gasteiger partial charge in [-0.15, -0.1) is 0 Å². The Labute approximate surface area is 121 Å². The summed E-state index contributed by atoms with van der Waals surface area (Å²) >= 11 is 12.1. The molecule has 0 saturated carbocycles. The number of carbonyl (C=O) groups is 1. The van der Waals surface area contributed by atoms with E-state index in [1.807, 2.05) is 6.07 Å². The molecule has 0 fully saturated rings. The molecule has 0 spiro atoms. The van der Waals surface area contributed by atoms with Crippen LogP contribution in [-0.4, -0.2) is 13.1 Å². The maximum absolute atomic E-state index is 11.4. The Morgan fingerprint density at radius 2 is 1.74 bits per heavy atom. The predicted octanol–water partition coefficient (Wildman–Crippen LogP) is 4.52. The summed E-state index contributed by atoms with van der Waals surface area (Å²) in [5.41, 5.74) is 1.77. The number of methoxy groups -OCH3 is 1. The molecule has 0 saturated heterocycles. The summed E-state index contributed by atoms with van der Waals surface area (Å²) in [4.78, 5) is 11.4. The van der Waals surface area contributed by atoms with Crippen molar-refractivity contribution in [3.05, 3.63) is 58.1 Å². The Kier molecular flexibility index (Phi) is 4.30. The number of halogens is 2. The van der Waals surface area contributed by atoms with Crippen LogP contribution in [0.15, 0.2) is 42.5 Å². The molecule has 0 unspecified atom stereocenters. The van der Waals surface area contributed by atoms with E-state index in [0.29, 0.717) is 27.0 Å². The van der Waals surface area contributed by atoms with E-state index >= 15 is 0 Å². The molecule has 0 aliphatic rings. The van der Waals surface area contributed by atoms with Crippen LogP contribution in [0.2, 0.25) is 10.0 Å². The number of rotatable bonds is 3. The summed E-state index contributed by atoms with van der Waals surface area (Å²) in [6.45, 7) is 0. The van der Waals surface area contributed by atoms with Crippen LogP contribution in [-0.2, 0) is 4.74 Å². The van der Waals surface area contributed by atoms with Gasteiger partial charge in [0.2, 0.25) is 0 Å². The Bertz CT molecular complexity index is 594. The lowest BCUT2D eigenvalue weighted by Crippen LogP contribution is -2.02. The van der Waals surface area contributed by atoms with Crippen molar-refractivity contribution in [2.45, 2.75) is 0 Å². The van der Waals surface area contributed by atoms with Gasteiger partial charge in [0, 0.05) is 5.69 Å². The van der Waals surface area contributed by atoms with Crippen molar-refractivity contribution < 1.29 is 9.53 Å². The van der Waals surface area contributed by atoms with Crippen LogP contribution in [0.3, 0.4) is 0 Å². The second-order valence-corrected chi connectivity index (χ2v) is 4.61. The third kappa shape index (κ3) is 3.19. The smallest absolute Gasteiger partial charge is 0.337 e. The van der Waals surface area contributed by atoms with Gasteiger partial charge >= 0.3 is 5.97 Å². The fraction of sp³-hybridized carbons (Fsp3) is 0.0714. The average molecular weight is 296 g/mol. The molecule has 19 heavy (non-hydrogen) atoms. The van der Waals surface area contributed by atoms with E-state index in [4.69, 9.17) is 23.2 Å². The molecule has 0 atom stereocenters. The number of esters is 1. The molecule has 0 bridgehead atoms. The van der Waals surface area contributed by atoms with Crippen LogP contribution in [0.25, 0.3) is 0 Å². The van der Waals surface area contributed by atoms with Gasteiger partial charge in [-0.2, -0.15) is 0 Å². The molecule has 0 aliphatic heterocycles. The topological polar surface area (TPSA) is 38.3 Å². The van der Waals surface area contributed by atoms with Crippen LogP contribution < -0.4 is 5.32 Å². The Hall–Kier alpha value is -1.71. The molecular weight excluding hydrogens is 285 g/mol. The lowest BCUT2D eigenvalue weighted by Gasteiger charge is -2.11. The monoisotopic (exact) mass is 295 g/mol. The normalized spacial score (nSPS) is 10.1. The highest BCUT2D eigenvalue weighted by atomic mass is 35.5. The summed E-state index contributed by atoms with van der Waals surface area (Å²) in [7, 11) is 1.34. The van der Waals surface area contributed by atoms with Gasteiger partial charge in [-0.05, 0) is 30.3 Å². The molecule has 2 aromatic rings. The van der Waals surface area contributed by atoms with E-state index in [-0.39, 0.29) is 0 Å². The number of nitrogens with one attached hydrogen (secondary N) is 1. The van der Waals surface area contributed by atoms with Crippen LogP contribution in [0, 0.1) is 0 Å². The van der Waals surface area contributed by atoms with E-state index in [1.54, 1.807) is 36.4 Å². The fourth-order valence-electron chi connectivity index (χ4n) is 1.60. The summed E-state index contributed by atoms with van der Waals surface area (Å²) in [6.07, 6.45) is 0. The second-order valence-electron chi connectivity index (χ2n) is 3.79. The van der Waals surface area contributed by atoms with Gasteiger partial charge in [0.05, 0.1) is 28.4 Å². The number of anilines is 2. The summed E-state index contributed by atoms with van der Waals surface area (Å²) < 4.78 is 4.67. The van der Waals surface area contributed by atoms with Gasteiger partial charge in [-0.25, -0.2) is 4.79 Å². The number of ether oxygens (including phenoxy) is 1. The zero-order valence-electron chi connectivity index (χ0n) is 10.1. The van der Waals surface area contributed by atoms with Crippen LogP contribution in [0.4, 0.5) is 11.4 Å². The molecular formula is C14H11Cl2NO2. The first-order chi connectivity index (χ1) is 9.11. The number of carbonyl (C=O) groups excluding carboxylic acids is 1. The van der Waals surface area contributed by atoms with E-state index in [9.17, 15) is 4.79 Å². The molecule has 3 nitrogen and oxygen atoms in total. The highest BCUT2D eigenvalue weighted by molar-refractivity contribution is 6.39. The molecule has 5 heteroatoms. The first-order valence-corrected chi connectivity index (χ1v) is 6.27. The molecule has 0 amide bonds. The lowest BCUT2D eigenvalue weighted by atomic mass is 10.2. The highest BCUT2D eigenvalue weighted by Gasteiger charge is 2.08. The zero-order chi connectivity index (χ0) is 13.8. The number of para-hydroxylation sites is 1. The standard InChI is InChI=1S/C14H11Cl2NO2/c1-19-14(18)9-4-2-5-10(8-9)17-13-11(15)6-3-7-12(13)16/h2-8,17H,1H3. The third-order valence-electron chi connectivity index (χ3n) is 2.52. The van der Waals surface area contributed by atoms with Gasteiger partial charge in [-0.1, -0.05) is 35.3 Å². The molecule has 0 radical (unpaired) electrons. The molecule has 98 valence electrons. The lowest BCUT2D eigenvalue weighted by molar-refractivity contribution is 0.0601. The SMILES string of the molecule is COC(=O)c1cccc(Nc2c(Cl)cccc2Cl)c1. The fourth-order valence-corrected chi connectivity index (χ4v) is 2.10. The van der Waals surface area contributed by atoms with Crippen molar-refractivity contribution in [2.24, 2.45) is 0 Å². The number of hydrogen-bond acceptors (Lipinski definition) is 3. The van der Waals surface area contributed by atoms with Crippen LogP contribution in [0.1, 0.15) is 10.4 Å². The summed E-state index contributed by atoms with van der Waals surface area (Å²) in [6, 6.07) is 12.1. The number of benzene rings is 2. The third-order valence-corrected chi connectivity index (χ3v) is 3.15. The quantitative estimate of drug-likeness (QED) is 0.846. The van der Waals surface area contributed by atoms with Crippen molar-refractivity contribution in [3.8, 4) is 0 Å². The molecule has 0 heterocycles. The second kappa shape index (κ2) is 5.95. The van der Waals surface area contributed by atoms with E-state index < -0.39 is 5.97 Å². The zero-order valence-corrected chi connectivity index (χ0v) is 11.6. The van der Waals surface area contributed by atoms with Gasteiger partial charge < -0.3 is 10.1 Å². The van der Waals surface area contributed by atoms with Crippen molar-refractivity contribution in [1.82, 2.24) is 0 Å². The van der Waals surface area contributed by atoms with Crippen LogP contribution in [0.5, 0.6) is 0 Å². The van der Waals surface area contributed by atoms with E-state index in [2.05, 4.69) is 10.1 Å². The van der Waals surface area contributed by atoms with Gasteiger partial charge in [0.25, 0.3) is 0 Å². The Morgan fingerprint density at radius 3 is 2.37 bits per heavy atom. The minimum Gasteiger partial charge on any atom is -0.465 e. The molecule has 1 N–H and O–H groups in total. The summed E-state index contributed by atoms with van der Waals surface area (Å²) in [5.74, 6) is -0.395. The maximum Gasteiger partial charge on any atom is 0.337 e. The van der Waals surface area contributed by atoms with Crippen molar-refractivity contribution >= 4 is 40.5 Å². The first kappa shape index (κ1) is 13.7. The van der Waals surface area contributed by atoms with Crippen molar-refractivity contribution in [2.75, 3.05) is 12.4 Å². The predicted molar refractivity (Wildman–Crippen MR) is 77.5 cm³/mol. The Morgan fingerprint density at radius 1 is 1.11 bits per heavy atom. The van der Waals surface area contributed by atoms with Gasteiger partial charge in [0.15, 0.2) is 0 Å². The van der Waals surface area contributed by atoms with Gasteiger partial charge in [-0.3, -0.25) is 0 Å². The highest BCUT2D eigenvalue weighted by Crippen LogP contribution is 2.32. The van der Waals surface area contributed by atoms with Crippen molar-refractivity contribution in [1.29, 1.82) is 0 Å². The van der Waals surface area contributed by atoms with E-state index in [1.165, 1.54) is 7.11 Å². The minimum atomic E-state index is -0.395. The first-order valence-electron chi connectivity index (χ1n) is 5.51. The maximum atomic E-state index is 11.4. The molecule has 0 aromatic heterocycles. The average Bonchev–Trinajstić information content (AvgIpc) is 2.42. The Balaban J connectivity index is 2.31. The molecule has 2 aromatic carbocycles. The van der Waals surface area contributed by atoms with E-state index in [0.717, 1.165) is 0 Å². The molecule has 0 aliphatic carbocycles. The summed E-state index contributed by atoms with van der Waals surface area (Å²) in [5, 5.41) is 4.11. The minimum absolute atomic E-state index is 0.395. The molecule has 2 rings (SSSR count). The van der Waals surface area contributed by atoms with Crippen molar-refractivity contribution in [3.63, 3.8) is 0 Å². The van der Waals surface area contributed by atoms with Gasteiger partial charge in [0.1, 0.15) is 0 Å². The largest absolute Gasteiger partial charge is 0.465 e.